The molecule has 1 aliphatic heterocycles. The van der Waals surface area contributed by atoms with Crippen molar-refractivity contribution >= 4 is 22.1 Å². The van der Waals surface area contributed by atoms with E-state index in [4.69, 9.17) is 0 Å². The van der Waals surface area contributed by atoms with Gasteiger partial charge in [0.25, 0.3) is 0 Å². The van der Waals surface area contributed by atoms with Gasteiger partial charge in [-0.1, -0.05) is 33.9 Å². The summed E-state index contributed by atoms with van der Waals surface area (Å²) < 4.78 is 0.798. The van der Waals surface area contributed by atoms with Crippen molar-refractivity contribution in [3.63, 3.8) is 0 Å². The second kappa shape index (κ2) is 5.01. The molecular weight excluding hydrogens is 264 g/mol. The predicted octanol–water partition coefficient (Wildman–Crippen LogP) is 3.68. The van der Waals surface area contributed by atoms with E-state index in [1.165, 1.54) is 25.7 Å². The molecule has 3 unspecified atom stereocenters. The summed E-state index contributed by atoms with van der Waals surface area (Å²) in [6.07, 6.45) is 11.7. The molecular formula is C13H22BrN2+. The Morgan fingerprint density at radius 1 is 1.44 bits per heavy atom. The second-order valence-electron chi connectivity index (χ2n) is 5.01. The van der Waals surface area contributed by atoms with Crippen molar-refractivity contribution in [3.05, 3.63) is 12.3 Å². The van der Waals surface area contributed by atoms with Crippen LogP contribution in [-0.4, -0.2) is 28.2 Å². The Labute approximate surface area is 107 Å². The van der Waals surface area contributed by atoms with Crippen LogP contribution in [-0.2, 0) is 0 Å². The molecule has 0 N–H and O–H groups in total. The zero-order valence-electron chi connectivity index (χ0n) is 10.3. The summed E-state index contributed by atoms with van der Waals surface area (Å²) in [6, 6.07) is 0.588. The third-order valence-electron chi connectivity index (χ3n) is 4.28. The van der Waals surface area contributed by atoms with Crippen molar-refractivity contribution < 1.29 is 4.59 Å². The minimum Gasteiger partial charge on any atom is -0.170 e. The minimum atomic E-state index is 0.588. The summed E-state index contributed by atoms with van der Waals surface area (Å²) in [7, 11) is 0. The summed E-state index contributed by atoms with van der Waals surface area (Å²) >= 11 is 3.87. The Morgan fingerprint density at radius 3 is 2.75 bits per heavy atom. The number of hydrogen-bond acceptors (Lipinski definition) is 1. The van der Waals surface area contributed by atoms with Crippen LogP contribution in [0.15, 0.2) is 17.4 Å². The summed E-state index contributed by atoms with van der Waals surface area (Å²) in [4.78, 5) is 0.682. The molecule has 0 spiro atoms. The van der Waals surface area contributed by atoms with Crippen molar-refractivity contribution in [1.29, 1.82) is 0 Å². The van der Waals surface area contributed by atoms with E-state index in [1.807, 2.05) is 6.21 Å². The van der Waals surface area contributed by atoms with E-state index < -0.39 is 0 Å². The van der Waals surface area contributed by atoms with Crippen LogP contribution in [0.3, 0.4) is 0 Å². The molecule has 16 heavy (non-hydrogen) atoms. The molecule has 0 amide bonds. The molecule has 90 valence electrons. The molecule has 0 bridgehead atoms. The maximum Gasteiger partial charge on any atom is 0.124 e. The van der Waals surface area contributed by atoms with E-state index in [1.54, 1.807) is 0 Å². The van der Waals surface area contributed by atoms with Gasteiger partial charge in [-0.2, -0.15) is 4.59 Å². The highest BCUT2D eigenvalue weighted by Gasteiger charge is 2.41. The molecule has 2 rings (SSSR count). The number of nitrogens with zero attached hydrogens (tertiary/aromatic N) is 2. The van der Waals surface area contributed by atoms with Gasteiger partial charge in [-0.15, -0.1) is 0 Å². The highest BCUT2D eigenvalue weighted by atomic mass is 79.9. The van der Waals surface area contributed by atoms with E-state index in [0.717, 1.165) is 17.1 Å². The van der Waals surface area contributed by atoms with Crippen LogP contribution in [0.25, 0.3) is 0 Å². The van der Waals surface area contributed by atoms with Crippen molar-refractivity contribution in [2.24, 2.45) is 11.0 Å². The van der Waals surface area contributed by atoms with Gasteiger partial charge < -0.3 is 0 Å². The van der Waals surface area contributed by atoms with E-state index in [0.29, 0.717) is 10.9 Å². The molecule has 1 fully saturated rings. The summed E-state index contributed by atoms with van der Waals surface area (Å²) in [6.45, 7) is 5.65. The van der Waals surface area contributed by atoms with Crippen molar-refractivity contribution in [1.82, 2.24) is 0 Å². The molecule has 4 atom stereocenters. The SMILES string of the molecule is CC[N@@+]1(C(C)C2CCCCC2Br)C=CC=N1. The van der Waals surface area contributed by atoms with Gasteiger partial charge in [0.05, 0.1) is 6.21 Å². The highest BCUT2D eigenvalue weighted by molar-refractivity contribution is 9.09. The molecule has 3 heteroatoms. The zero-order chi connectivity index (χ0) is 11.6. The fraction of sp³-hybridized carbons (Fsp3) is 0.769. The maximum atomic E-state index is 4.68. The smallest absolute Gasteiger partial charge is 0.124 e. The molecule has 1 heterocycles. The Kier molecular flexibility index (Phi) is 3.85. The fourth-order valence-electron chi connectivity index (χ4n) is 3.09. The number of allylic oxidation sites excluding steroid dienone is 1. The lowest BCUT2D eigenvalue weighted by Gasteiger charge is -2.39. The molecule has 1 saturated carbocycles. The average Bonchev–Trinajstić information content (AvgIpc) is 2.78. The van der Waals surface area contributed by atoms with E-state index in [-0.39, 0.29) is 0 Å². The van der Waals surface area contributed by atoms with Crippen LogP contribution in [0.4, 0.5) is 0 Å². The lowest BCUT2D eigenvalue weighted by molar-refractivity contribution is -0.909. The van der Waals surface area contributed by atoms with Gasteiger partial charge in [0.15, 0.2) is 0 Å². The van der Waals surface area contributed by atoms with Crippen LogP contribution in [0.5, 0.6) is 0 Å². The summed E-state index contributed by atoms with van der Waals surface area (Å²) in [5, 5.41) is 4.68. The Bertz CT molecular complexity index is 286. The quantitative estimate of drug-likeness (QED) is 0.554. The predicted molar refractivity (Wildman–Crippen MR) is 72.6 cm³/mol. The Hall–Kier alpha value is -0.150. The van der Waals surface area contributed by atoms with Crippen LogP contribution in [0.2, 0.25) is 0 Å². The van der Waals surface area contributed by atoms with Gasteiger partial charge in [-0.3, -0.25) is 0 Å². The zero-order valence-corrected chi connectivity index (χ0v) is 11.9. The van der Waals surface area contributed by atoms with Gasteiger partial charge in [-0.05, 0) is 26.7 Å². The van der Waals surface area contributed by atoms with Crippen molar-refractivity contribution in [3.8, 4) is 0 Å². The first-order valence-corrected chi connectivity index (χ1v) is 7.36. The first-order valence-electron chi connectivity index (χ1n) is 6.44. The molecule has 0 aromatic carbocycles. The Balaban J connectivity index is 2.13. The number of rotatable bonds is 3. The first-order chi connectivity index (χ1) is 7.69. The lowest BCUT2D eigenvalue weighted by atomic mass is 9.83. The number of hydrogen-bond donors (Lipinski definition) is 0. The maximum absolute atomic E-state index is 4.68. The molecule has 0 aromatic rings. The summed E-state index contributed by atoms with van der Waals surface area (Å²) in [5.41, 5.74) is 0. The van der Waals surface area contributed by atoms with Gasteiger partial charge in [0.1, 0.15) is 18.8 Å². The van der Waals surface area contributed by atoms with E-state index in [9.17, 15) is 0 Å². The second-order valence-corrected chi connectivity index (χ2v) is 6.19. The van der Waals surface area contributed by atoms with Gasteiger partial charge in [0, 0.05) is 16.8 Å². The normalized spacial score (nSPS) is 40.2. The van der Waals surface area contributed by atoms with Gasteiger partial charge in [0.2, 0.25) is 0 Å². The third kappa shape index (κ3) is 2.12. The topological polar surface area (TPSA) is 12.4 Å². The lowest BCUT2D eigenvalue weighted by Crippen LogP contribution is -2.50. The van der Waals surface area contributed by atoms with Crippen molar-refractivity contribution in [2.75, 3.05) is 6.54 Å². The fourth-order valence-corrected chi connectivity index (χ4v) is 4.12. The standard InChI is InChI=1S/C13H22BrN2/c1-3-16(10-6-9-15-16)11(2)12-7-4-5-8-13(12)14/h6,9-13H,3-5,7-8H2,1-2H3/q+1/t11?,12?,13?,16-/m0/s1. The molecule has 0 radical (unpaired) electrons. The van der Waals surface area contributed by atoms with Crippen LogP contribution in [0, 0.1) is 5.92 Å². The molecule has 0 saturated heterocycles. The third-order valence-corrected chi connectivity index (χ3v) is 5.41. The Morgan fingerprint density at radius 2 is 2.19 bits per heavy atom. The number of quaternary nitrogens is 1. The molecule has 0 aromatic heterocycles. The average molecular weight is 286 g/mol. The molecule has 2 aliphatic rings. The van der Waals surface area contributed by atoms with Crippen LogP contribution in [0.1, 0.15) is 39.5 Å². The largest absolute Gasteiger partial charge is 0.170 e. The summed E-state index contributed by atoms with van der Waals surface area (Å²) in [5.74, 6) is 0.758. The van der Waals surface area contributed by atoms with Gasteiger partial charge >= 0.3 is 0 Å². The monoisotopic (exact) mass is 285 g/mol. The first kappa shape index (κ1) is 12.3. The molecule has 1 aliphatic carbocycles. The minimum absolute atomic E-state index is 0.588. The van der Waals surface area contributed by atoms with Crippen LogP contribution < -0.4 is 0 Å². The van der Waals surface area contributed by atoms with E-state index >= 15 is 0 Å². The van der Waals surface area contributed by atoms with Crippen LogP contribution >= 0.6 is 15.9 Å². The number of alkyl halides is 1. The number of halogens is 1. The van der Waals surface area contributed by atoms with Crippen molar-refractivity contribution in [2.45, 2.75) is 50.4 Å². The van der Waals surface area contributed by atoms with Gasteiger partial charge in [-0.25, -0.2) is 0 Å². The van der Waals surface area contributed by atoms with E-state index in [2.05, 4.69) is 47.2 Å². The molecule has 2 nitrogen and oxygen atoms in total. The highest BCUT2D eigenvalue weighted by Crippen LogP contribution is 2.37.